The minimum Gasteiger partial charge on any atom is -0.497 e. The van der Waals surface area contributed by atoms with Crippen LogP contribution < -0.4 is 15.4 Å². The van der Waals surface area contributed by atoms with Gasteiger partial charge in [0.15, 0.2) is 0 Å². The molecule has 2 N–H and O–H groups in total. The molecule has 1 amide bonds. The number of amides is 1. The van der Waals surface area contributed by atoms with Crippen molar-refractivity contribution >= 4 is 11.6 Å². The molecule has 1 unspecified atom stereocenters. The SMILES string of the molecule is COc1ccc(F)c(NC(=O)C2CC23CCNCC3)c1. The van der Waals surface area contributed by atoms with Crippen LogP contribution in [0.2, 0.25) is 0 Å². The Balaban J connectivity index is 1.68. The smallest absolute Gasteiger partial charge is 0.228 e. The molecule has 1 saturated heterocycles. The Kier molecular flexibility index (Phi) is 3.38. The van der Waals surface area contributed by atoms with E-state index >= 15 is 0 Å². The van der Waals surface area contributed by atoms with Crippen LogP contribution >= 0.6 is 0 Å². The fourth-order valence-corrected chi connectivity index (χ4v) is 3.14. The van der Waals surface area contributed by atoms with Crippen LogP contribution in [0.15, 0.2) is 18.2 Å². The summed E-state index contributed by atoms with van der Waals surface area (Å²) in [5.41, 5.74) is 0.357. The molecule has 1 spiro atoms. The highest BCUT2D eigenvalue weighted by atomic mass is 19.1. The van der Waals surface area contributed by atoms with E-state index in [0.717, 1.165) is 32.4 Å². The Morgan fingerprint density at radius 1 is 1.45 bits per heavy atom. The second-order valence-corrected chi connectivity index (χ2v) is 5.70. The van der Waals surface area contributed by atoms with E-state index in [1.807, 2.05) is 0 Å². The van der Waals surface area contributed by atoms with Crippen molar-refractivity contribution in [1.82, 2.24) is 5.32 Å². The number of hydrogen-bond acceptors (Lipinski definition) is 3. The van der Waals surface area contributed by atoms with Gasteiger partial charge in [0.05, 0.1) is 12.8 Å². The van der Waals surface area contributed by atoms with Crippen LogP contribution in [0.25, 0.3) is 0 Å². The highest BCUT2D eigenvalue weighted by molar-refractivity contribution is 5.95. The van der Waals surface area contributed by atoms with Crippen LogP contribution in [0.5, 0.6) is 5.75 Å². The molecule has 1 aromatic carbocycles. The van der Waals surface area contributed by atoms with Crippen LogP contribution in [0.3, 0.4) is 0 Å². The van der Waals surface area contributed by atoms with Gasteiger partial charge in [-0.25, -0.2) is 4.39 Å². The normalized spacial score (nSPS) is 23.4. The molecule has 1 aliphatic heterocycles. The fraction of sp³-hybridized carbons (Fsp3) is 0.533. The van der Waals surface area contributed by atoms with Gasteiger partial charge in [-0.3, -0.25) is 4.79 Å². The van der Waals surface area contributed by atoms with Crippen LogP contribution in [-0.4, -0.2) is 26.1 Å². The largest absolute Gasteiger partial charge is 0.497 e. The van der Waals surface area contributed by atoms with Gasteiger partial charge in [-0.05, 0) is 49.9 Å². The summed E-state index contributed by atoms with van der Waals surface area (Å²) in [5.74, 6) is 0.0579. The molecule has 0 bridgehead atoms. The number of rotatable bonds is 3. The highest BCUT2D eigenvalue weighted by Gasteiger charge is 2.57. The molecular weight excluding hydrogens is 259 g/mol. The number of methoxy groups -OCH3 is 1. The van der Waals surface area contributed by atoms with E-state index in [-0.39, 0.29) is 22.9 Å². The van der Waals surface area contributed by atoms with E-state index in [1.54, 1.807) is 0 Å². The summed E-state index contributed by atoms with van der Waals surface area (Å²) >= 11 is 0. The molecule has 1 saturated carbocycles. The molecule has 108 valence electrons. The lowest BCUT2D eigenvalue weighted by atomic mass is 9.92. The first kappa shape index (κ1) is 13.4. The number of nitrogens with one attached hydrogen (secondary N) is 2. The van der Waals surface area contributed by atoms with E-state index in [2.05, 4.69) is 10.6 Å². The second kappa shape index (κ2) is 5.05. The summed E-state index contributed by atoms with van der Waals surface area (Å²) in [4.78, 5) is 12.3. The second-order valence-electron chi connectivity index (χ2n) is 5.70. The van der Waals surface area contributed by atoms with Crippen LogP contribution in [0, 0.1) is 17.2 Å². The van der Waals surface area contributed by atoms with Gasteiger partial charge in [0.25, 0.3) is 0 Å². The third-order valence-corrected chi connectivity index (χ3v) is 4.54. The molecule has 2 fully saturated rings. The average Bonchev–Trinajstić information content (AvgIpc) is 3.15. The maximum absolute atomic E-state index is 13.7. The van der Waals surface area contributed by atoms with Crippen molar-refractivity contribution in [2.75, 3.05) is 25.5 Å². The molecule has 2 aliphatic rings. The zero-order valence-corrected chi connectivity index (χ0v) is 11.5. The number of hydrogen-bond donors (Lipinski definition) is 2. The Hall–Kier alpha value is -1.62. The van der Waals surface area contributed by atoms with Crippen LogP contribution in [-0.2, 0) is 4.79 Å². The molecular formula is C15H19FN2O2. The minimum absolute atomic E-state index is 0.0233. The lowest BCUT2D eigenvalue weighted by molar-refractivity contribution is -0.118. The molecule has 1 atom stereocenters. The van der Waals surface area contributed by atoms with Crippen LogP contribution in [0.4, 0.5) is 10.1 Å². The van der Waals surface area contributed by atoms with Crippen molar-refractivity contribution in [2.24, 2.45) is 11.3 Å². The van der Waals surface area contributed by atoms with E-state index in [9.17, 15) is 9.18 Å². The summed E-state index contributed by atoms with van der Waals surface area (Å²) in [6.07, 6.45) is 2.99. The van der Waals surface area contributed by atoms with Crippen molar-refractivity contribution in [3.05, 3.63) is 24.0 Å². The lowest BCUT2D eigenvalue weighted by Gasteiger charge is -2.23. The summed E-state index contributed by atoms with van der Waals surface area (Å²) in [6, 6.07) is 4.36. The number of carbonyl (C=O) groups is 1. The van der Waals surface area contributed by atoms with E-state index in [1.165, 1.54) is 25.3 Å². The number of anilines is 1. The van der Waals surface area contributed by atoms with Gasteiger partial charge >= 0.3 is 0 Å². The Labute approximate surface area is 117 Å². The maximum atomic E-state index is 13.7. The molecule has 0 radical (unpaired) electrons. The summed E-state index contributed by atoms with van der Waals surface area (Å²) in [6.45, 7) is 1.94. The van der Waals surface area contributed by atoms with Crippen LogP contribution in [0.1, 0.15) is 19.3 Å². The van der Waals surface area contributed by atoms with Crippen molar-refractivity contribution < 1.29 is 13.9 Å². The predicted molar refractivity (Wildman–Crippen MR) is 74.2 cm³/mol. The molecule has 20 heavy (non-hydrogen) atoms. The van der Waals surface area contributed by atoms with E-state index < -0.39 is 5.82 Å². The van der Waals surface area contributed by atoms with Gasteiger partial charge in [0, 0.05) is 12.0 Å². The van der Waals surface area contributed by atoms with Gasteiger partial charge in [-0.15, -0.1) is 0 Å². The third-order valence-electron chi connectivity index (χ3n) is 4.54. The number of ether oxygens (including phenoxy) is 1. The van der Waals surface area contributed by atoms with Gasteiger partial charge in [0.2, 0.25) is 5.91 Å². The fourth-order valence-electron chi connectivity index (χ4n) is 3.14. The molecule has 5 heteroatoms. The lowest BCUT2D eigenvalue weighted by Crippen LogP contribution is -2.31. The van der Waals surface area contributed by atoms with Gasteiger partial charge in [-0.2, -0.15) is 0 Å². The zero-order chi connectivity index (χ0) is 14.2. The topological polar surface area (TPSA) is 50.4 Å². The third kappa shape index (κ3) is 2.38. The van der Waals surface area contributed by atoms with Gasteiger partial charge < -0.3 is 15.4 Å². The Morgan fingerprint density at radius 3 is 2.90 bits per heavy atom. The van der Waals surface area contributed by atoms with Crippen molar-refractivity contribution in [3.8, 4) is 5.75 Å². The minimum atomic E-state index is -0.431. The summed E-state index contributed by atoms with van der Waals surface area (Å²) in [5, 5.41) is 6.01. The first-order valence-electron chi connectivity index (χ1n) is 7.00. The number of benzene rings is 1. The monoisotopic (exact) mass is 278 g/mol. The standard InChI is InChI=1S/C15H19FN2O2/c1-20-10-2-3-12(16)13(8-10)18-14(19)11-9-15(11)4-6-17-7-5-15/h2-3,8,11,17H,4-7,9H2,1H3,(H,18,19). The molecule has 1 aromatic rings. The predicted octanol–water partition coefficient (Wildman–Crippen LogP) is 2.16. The number of carbonyl (C=O) groups excluding carboxylic acids is 1. The quantitative estimate of drug-likeness (QED) is 0.891. The first-order valence-corrected chi connectivity index (χ1v) is 7.00. The van der Waals surface area contributed by atoms with Crippen molar-refractivity contribution in [1.29, 1.82) is 0 Å². The van der Waals surface area contributed by atoms with Crippen molar-refractivity contribution in [3.63, 3.8) is 0 Å². The highest BCUT2D eigenvalue weighted by Crippen LogP contribution is 2.58. The van der Waals surface area contributed by atoms with Gasteiger partial charge in [-0.1, -0.05) is 0 Å². The summed E-state index contributed by atoms with van der Waals surface area (Å²) in [7, 11) is 1.52. The molecule has 3 rings (SSSR count). The zero-order valence-electron chi connectivity index (χ0n) is 11.5. The number of halogens is 1. The van der Waals surface area contributed by atoms with E-state index in [4.69, 9.17) is 4.74 Å². The number of piperidine rings is 1. The van der Waals surface area contributed by atoms with Crippen molar-refractivity contribution in [2.45, 2.75) is 19.3 Å². The van der Waals surface area contributed by atoms with Gasteiger partial charge in [0.1, 0.15) is 11.6 Å². The first-order chi connectivity index (χ1) is 9.64. The molecule has 0 aromatic heterocycles. The Morgan fingerprint density at radius 2 is 2.20 bits per heavy atom. The maximum Gasteiger partial charge on any atom is 0.228 e. The van der Waals surface area contributed by atoms with E-state index in [0.29, 0.717) is 5.75 Å². The summed E-state index contributed by atoms with van der Waals surface area (Å²) < 4.78 is 18.8. The molecule has 1 heterocycles. The Bertz CT molecular complexity index is 527. The molecule has 1 aliphatic carbocycles. The average molecular weight is 278 g/mol. The molecule has 4 nitrogen and oxygen atoms in total.